The van der Waals surface area contributed by atoms with E-state index in [-0.39, 0.29) is 17.1 Å². The van der Waals surface area contributed by atoms with Crippen molar-refractivity contribution in [3.63, 3.8) is 0 Å². The Bertz CT molecular complexity index is 614. The normalized spacial score (nSPS) is 11.0. The van der Waals surface area contributed by atoms with Crippen LogP contribution in [0.3, 0.4) is 0 Å². The van der Waals surface area contributed by atoms with Gasteiger partial charge in [0.05, 0.1) is 4.92 Å². The first-order chi connectivity index (χ1) is 8.58. The van der Waals surface area contributed by atoms with Gasteiger partial charge in [-0.25, -0.2) is 0 Å². The molecule has 0 radical (unpaired) electrons. The van der Waals surface area contributed by atoms with E-state index in [2.05, 4.69) is 5.16 Å². The molecule has 18 heavy (non-hydrogen) atoms. The molecule has 0 aliphatic rings. The minimum atomic E-state index is -0.484. The van der Waals surface area contributed by atoms with Crippen molar-refractivity contribution >= 4 is 17.8 Å². The third kappa shape index (κ3) is 2.45. The molecule has 2 aromatic rings. The lowest BCUT2D eigenvalue weighted by Crippen LogP contribution is -1.90. The number of rotatable bonds is 3. The number of aryl methyl sites for hydroxylation is 2. The van der Waals surface area contributed by atoms with Crippen LogP contribution in [0, 0.1) is 24.0 Å². The molecular weight excluding hydrogens is 232 g/mol. The van der Waals surface area contributed by atoms with Gasteiger partial charge < -0.3 is 4.52 Å². The highest BCUT2D eigenvalue weighted by molar-refractivity contribution is 5.72. The number of hydrogen-bond acceptors (Lipinski definition) is 4. The molecule has 0 aliphatic carbocycles. The summed E-state index contributed by atoms with van der Waals surface area (Å²) in [6, 6.07) is 7.81. The second-order valence-corrected chi connectivity index (χ2v) is 3.98. The maximum absolute atomic E-state index is 10.8. The van der Waals surface area contributed by atoms with Crippen molar-refractivity contribution in [3.05, 3.63) is 57.0 Å². The van der Waals surface area contributed by atoms with Gasteiger partial charge in [0.2, 0.25) is 5.76 Å². The standard InChI is InChI=1S/C13H12N2O3/c1-9-4-3-5-11(8-9)6-7-12-13(15(16)17)10(2)18-14-12/h3-8H,1-2H3/b7-6+. The third-order valence-corrected chi connectivity index (χ3v) is 2.52. The lowest BCUT2D eigenvalue weighted by atomic mass is 10.1. The van der Waals surface area contributed by atoms with Crippen LogP contribution in [-0.2, 0) is 0 Å². The van der Waals surface area contributed by atoms with Crippen molar-refractivity contribution in [1.82, 2.24) is 5.16 Å². The smallest absolute Gasteiger partial charge is 0.338 e. The zero-order valence-electron chi connectivity index (χ0n) is 10.1. The highest BCUT2D eigenvalue weighted by Crippen LogP contribution is 2.24. The monoisotopic (exact) mass is 244 g/mol. The van der Waals surface area contributed by atoms with Gasteiger partial charge in [-0.2, -0.15) is 0 Å². The van der Waals surface area contributed by atoms with Crippen LogP contribution in [-0.4, -0.2) is 10.1 Å². The Kier molecular flexibility index (Phi) is 3.23. The first-order valence-electron chi connectivity index (χ1n) is 5.43. The average molecular weight is 244 g/mol. The van der Waals surface area contributed by atoms with E-state index >= 15 is 0 Å². The SMILES string of the molecule is Cc1cccc(/C=C/c2noc(C)c2[N+](=O)[O-])c1. The molecule has 1 aromatic heterocycles. The van der Waals surface area contributed by atoms with E-state index in [0.29, 0.717) is 0 Å². The third-order valence-electron chi connectivity index (χ3n) is 2.52. The molecule has 1 heterocycles. The predicted octanol–water partition coefficient (Wildman–Crippen LogP) is 3.37. The zero-order valence-corrected chi connectivity index (χ0v) is 10.1. The van der Waals surface area contributed by atoms with Crippen molar-refractivity contribution in [2.45, 2.75) is 13.8 Å². The molecule has 0 aliphatic heterocycles. The summed E-state index contributed by atoms with van der Waals surface area (Å²) in [6.07, 6.45) is 3.36. The van der Waals surface area contributed by atoms with Crippen LogP contribution in [0.4, 0.5) is 5.69 Å². The average Bonchev–Trinajstić information content (AvgIpc) is 2.68. The fourth-order valence-electron chi connectivity index (χ4n) is 1.66. The van der Waals surface area contributed by atoms with Gasteiger partial charge in [-0.3, -0.25) is 10.1 Å². The summed E-state index contributed by atoms with van der Waals surface area (Å²) in [4.78, 5) is 10.4. The molecule has 1 aromatic carbocycles. The summed E-state index contributed by atoms with van der Waals surface area (Å²) in [5, 5.41) is 14.5. The van der Waals surface area contributed by atoms with Crippen molar-refractivity contribution in [2.75, 3.05) is 0 Å². The van der Waals surface area contributed by atoms with Crippen molar-refractivity contribution in [3.8, 4) is 0 Å². The van der Waals surface area contributed by atoms with E-state index in [4.69, 9.17) is 4.52 Å². The van der Waals surface area contributed by atoms with Crippen LogP contribution in [0.5, 0.6) is 0 Å². The van der Waals surface area contributed by atoms with Crippen molar-refractivity contribution in [2.24, 2.45) is 0 Å². The predicted molar refractivity (Wildman–Crippen MR) is 68.0 cm³/mol. The Hall–Kier alpha value is -2.43. The Morgan fingerprint density at radius 1 is 1.33 bits per heavy atom. The molecule has 2 rings (SSSR count). The van der Waals surface area contributed by atoms with Crippen molar-refractivity contribution < 1.29 is 9.45 Å². The van der Waals surface area contributed by atoms with E-state index in [1.165, 1.54) is 6.92 Å². The van der Waals surface area contributed by atoms with Crippen molar-refractivity contribution in [1.29, 1.82) is 0 Å². The number of hydrogen-bond donors (Lipinski definition) is 0. The second-order valence-electron chi connectivity index (χ2n) is 3.98. The minimum Gasteiger partial charge on any atom is -0.354 e. The zero-order chi connectivity index (χ0) is 13.1. The number of nitrogens with zero attached hydrogens (tertiary/aromatic N) is 2. The Balaban J connectivity index is 2.32. The van der Waals surface area contributed by atoms with Crippen LogP contribution in [0.25, 0.3) is 12.2 Å². The molecule has 0 spiro atoms. The summed E-state index contributed by atoms with van der Waals surface area (Å²) < 4.78 is 4.83. The maximum atomic E-state index is 10.8. The van der Waals surface area contributed by atoms with Crippen LogP contribution >= 0.6 is 0 Å². The molecule has 0 saturated heterocycles. The maximum Gasteiger partial charge on any atom is 0.338 e. The lowest BCUT2D eigenvalue weighted by Gasteiger charge is -1.94. The molecule has 0 amide bonds. The highest BCUT2D eigenvalue weighted by Gasteiger charge is 2.21. The number of aromatic nitrogens is 1. The van der Waals surface area contributed by atoms with Crippen LogP contribution < -0.4 is 0 Å². The van der Waals surface area contributed by atoms with Gasteiger partial charge in [0.15, 0.2) is 5.69 Å². The molecule has 0 saturated carbocycles. The first-order valence-corrected chi connectivity index (χ1v) is 5.43. The molecule has 92 valence electrons. The van der Waals surface area contributed by atoms with Gasteiger partial charge in [-0.15, -0.1) is 0 Å². The molecule has 0 unspecified atom stereocenters. The Morgan fingerprint density at radius 3 is 2.78 bits per heavy atom. The molecule has 5 nitrogen and oxygen atoms in total. The topological polar surface area (TPSA) is 69.2 Å². The molecule has 5 heteroatoms. The van der Waals surface area contributed by atoms with Gasteiger partial charge in [0, 0.05) is 6.92 Å². The van der Waals surface area contributed by atoms with Gasteiger partial charge in [-0.1, -0.05) is 41.1 Å². The second kappa shape index (κ2) is 4.83. The van der Waals surface area contributed by atoms with Crippen LogP contribution in [0.15, 0.2) is 28.8 Å². The van der Waals surface area contributed by atoms with Crippen LogP contribution in [0.1, 0.15) is 22.6 Å². The van der Waals surface area contributed by atoms with Gasteiger partial charge in [0.25, 0.3) is 0 Å². The van der Waals surface area contributed by atoms with E-state index in [1.807, 2.05) is 31.2 Å². The van der Waals surface area contributed by atoms with E-state index in [0.717, 1.165) is 11.1 Å². The molecule has 0 fully saturated rings. The summed E-state index contributed by atoms with van der Waals surface area (Å²) in [5.41, 5.74) is 2.24. The number of nitro groups is 1. The number of benzene rings is 1. The van der Waals surface area contributed by atoms with E-state index < -0.39 is 4.92 Å². The molecule has 0 atom stereocenters. The fraction of sp³-hybridized carbons (Fsp3) is 0.154. The van der Waals surface area contributed by atoms with E-state index in [9.17, 15) is 10.1 Å². The van der Waals surface area contributed by atoms with E-state index in [1.54, 1.807) is 12.2 Å². The van der Waals surface area contributed by atoms with Gasteiger partial charge >= 0.3 is 5.69 Å². The summed E-state index contributed by atoms with van der Waals surface area (Å²) >= 11 is 0. The minimum absolute atomic E-state index is 0.0843. The largest absolute Gasteiger partial charge is 0.354 e. The molecular formula is C13H12N2O3. The fourth-order valence-corrected chi connectivity index (χ4v) is 1.66. The quantitative estimate of drug-likeness (QED) is 0.613. The lowest BCUT2D eigenvalue weighted by molar-refractivity contribution is -0.386. The molecule has 0 N–H and O–H groups in total. The highest BCUT2D eigenvalue weighted by atomic mass is 16.6. The van der Waals surface area contributed by atoms with Gasteiger partial charge in [-0.05, 0) is 18.6 Å². The summed E-state index contributed by atoms with van der Waals surface area (Å²) in [5.74, 6) is 0.212. The summed E-state index contributed by atoms with van der Waals surface area (Å²) in [7, 11) is 0. The van der Waals surface area contributed by atoms with Gasteiger partial charge in [0.1, 0.15) is 0 Å². The molecule has 0 bridgehead atoms. The Labute approximate surface area is 104 Å². The Morgan fingerprint density at radius 2 is 2.11 bits per heavy atom. The first kappa shape index (κ1) is 12.0. The van der Waals surface area contributed by atoms with Crippen LogP contribution in [0.2, 0.25) is 0 Å². The summed E-state index contributed by atoms with van der Waals surface area (Å²) in [6.45, 7) is 3.51.